The Morgan fingerprint density at radius 2 is 2.36 bits per heavy atom. The molecule has 2 nitrogen and oxygen atoms in total. The van der Waals surface area contributed by atoms with Gasteiger partial charge in [0, 0.05) is 0 Å². The molecule has 4 heteroatoms. The molecule has 0 spiro atoms. The van der Waals surface area contributed by atoms with Crippen molar-refractivity contribution in [3.05, 3.63) is 40.6 Å². The van der Waals surface area contributed by atoms with Crippen molar-refractivity contribution in [3.8, 4) is 0 Å². The molecule has 0 saturated heterocycles. The number of nitrogens with two attached hydrogens (primary N) is 1. The largest absolute Gasteiger partial charge is 1.00 e. The molecule has 14 heavy (non-hydrogen) atoms. The van der Waals surface area contributed by atoms with Crippen LogP contribution in [0.3, 0.4) is 0 Å². The van der Waals surface area contributed by atoms with Crippen molar-refractivity contribution < 1.29 is 13.8 Å². The minimum absolute atomic E-state index is 0. The lowest BCUT2D eigenvalue weighted by molar-refractivity contribution is -0.00000288. The molecule has 1 heterocycles. The van der Waals surface area contributed by atoms with Crippen LogP contribution in [-0.2, 0) is 0 Å². The van der Waals surface area contributed by atoms with Gasteiger partial charge in [0.1, 0.15) is 4.60 Å². The standard InChI is InChI=1S/C10H13BrN2.ClH/c1-7(2)6-8(12)9-4-3-5-10(11)13-9;/h3-5,8H,1,6,12H2,2H3;1H/t8-;/m0./s1. The van der Waals surface area contributed by atoms with E-state index in [2.05, 4.69) is 27.5 Å². The average Bonchev–Trinajstić information content (AvgIpc) is 2.03. The van der Waals surface area contributed by atoms with Crippen LogP contribution >= 0.6 is 15.9 Å². The Labute approximate surface area is 101 Å². The Morgan fingerprint density at radius 3 is 2.86 bits per heavy atom. The molecule has 0 radical (unpaired) electrons. The maximum atomic E-state index is 5.92. The first-order valence-corrected chi connectivity index (χ1v) is 4.91. The second kappa shape index (κ2) is 6.17. The lowest BCUT2D eigenvalue weighted by Crippen LogP contribution is -3.00. The highest BCUT2D eigenvalue weighted by Gasteiger charge is 2.07. The van der Waals surface area contributed by atoms with Crippen molar-refractivity contribution in [1.82, 2.24) is 4.98 Å². The molecule has 0 amide bonds. The van der Waals surface area contributed by atoms with Gasteiger partial charge in [0.2, 0.25) is 0 Å². The van der Waals surface area contributed by atoms with Crippen molar-refractivity contribution in [1.29, 1.82) is 0 Å². The van der Waals surface area contributed by atoms with Crippen molar-refractivity contribution in [3.63, 3.8) is 0 Å². The number of hydrogen-bond acceptors (Lipinski definition) is 2. The van der Waals surface area contributed by atoms with Crippen molar-refractivity contribution in [2.45, 2.75) is 19.4 Å². The highest BCUT2D eigenvalue weighted by atomic mass is 79.9. The summed E-state index contributed by atoms with van der Waals surface area (Å²) in [7, 11) is 0. The lowest BCUT2D eigenvalue weighted by atomic mass is 10.1. The number of rotatable bonds is 3. The van der Waals surface area contributed by atoms with E-state index >= 15 is 0 Å². The summed E-state index contributed by atoms with van der Waals surface area (Å²) in [5.41, 5.74) is 7.90. The SMILES string of the molecule is C=C(C)C[C@H](N)c1cccc(Br)n1.[Cl-].[H+]. The van der Waals surface area contributed by atoms with Gasteiger partial charge in [-0.25, -0.2) is 4.98 Å². The predicted molar refractivity (Wildman–Crippen MR) is 59.4 cm³/mol. The van der Waals surface area contributed by atoms with E-state index in [4.69, 9.17) is 5.73 Å². The maximum Gasteiger partial charge on any atom is 1.00 e. The zero-order valence-corrected chi connectivity index (χ0v) is 10.3. The van der Waals surface area contributed by atoms with Crippen LogP contribution in [0.1, 0.15) is 26.5 Å². The van der Waals surface area contributed by atoms with Crippen molar-refractivity contribution in [2.24, 2.45) is 5.73 Å². The number of hydrogen-bond donors (Lipinski definition) is 1. The van der Waals surface area contributed by atoms with Crippen LogP contribution in [0.4, 0.5) is 0 Å². The second-order valence-electron chi connectivity index (χ2n) is 3.15. The molecule has 0 aliphatic heterocycles. The van der Waals surface area contributed by atoms with E-state index in [0.29, 0.717) is 0 Å². The Bertz CT molecular complexity index is 320. The third-order valence-corrected chi connectivity index (χ3v) is 2.13. The van der Waals surface area contributed by atoms with E-state index in [0.717, 1.165) is 22.3 Å². The summed E-state index contributed by atoms with van der Waals surface area (Å²) < 4.78 is 0.821. The minimum atomic E-state index is -0.0463. The summed E-state index contributed by atoms with van der Waals surface area (Å²) in [6.07, 6.45) is 0.781. The summed E-state index contributed by atoms with van der Waals surface area (Å²) in [5, 5.41) is 0. The number of nitrogens with zero attached hydrogens (tertiary/aromatic N) is 1. The van der Waals surface area contributed by atoms with Gasteiger partial charge in [0.25, 0.3) is 0 Å². The lowest BCUT2D eigenvalue weighted by Gasteiger charge is -2.10. The monoisotopic (exact) mass is 276 g/mol. The molecule has 0 aromatic carbocycles. The van der Waals surface area contributed by atoms with Crippen LogP contribution < -0.4 is 18.1 Å². The first kappa shape index (κ1) is 13.6. The fourth-order valence-electron chi connectivity index (χ4n) is 1.11. The molecule has 1 rings (SSSR count). The minimum Gasteiger partial charge on any atom is -1.00 e. The van der Waals surface area contributed by atoms with E-state index in [1.165, 1.54) is 0 Å². The third-order valence-electron chi connectivity index (χ3n) is 1.68. The van der Waals surface area contributed by atoms with Crippen LogP contribution in [-0.4, -0.2) is 4.98 Å². The van der Waals surface area contributed by atoms with Gasteiger partial charge in [-0.2, -0.15) is 0 Å². The van der Waals surface area contributed by atoms with Gasteiger partial charge in [-0.3, -0.25) is 0 Å². The Hall–Kier alpha value is -0.380. The molecule has 0 aliphatic carbocycles. The van der Waals surface area contributed by atoms with Crippen LogP contribution in [0.25, 0.3) is 0 Å². The van der Waals surface area contributed by atoms with Crippen molar-refractivity contribution >= 4 is 15.9 Å². The third kappa shape index (κ3) is 4.22. The Morgan fingerprint density at radius 1 is 1.71 bits per heavy atom. The van der Waals surface area contributed by atoms with Gasteiger partial charge in [-0.15, -0.1) is 6.58 Å². The fraction of sp³-hybridized carbons (Fsp3) is 0.300. The molecular weight excluding hydrogens is 263 g/mol. The number of halogens is 2. The molecule has 0 bridgehead atoms. The topological polar surface area (TPSA) is 38.9 Å². The smallest absolute Gasteiger partial charge is 1.00 e. The van der Waals surface area contributed by atoms with E-state index < -0.39 is 0 Å². The summed E-state index contributed by atoms with van der Waals surface area (Å²) in [6.45, 7) is 5.79. The summed E-state index contributed by atoms with van der Waals surface area (Å²) in [6, 6.07) is 5.70. The van der Waals surface area contributed by atoms with Crippen LogP contribution in [0, 0.1) is 0 Å². The molecule has 2 N–H and O–H groups in total. The quantitative estimate of drug-likeness (QED) is 0.620. The molecule has 0 unspecified atom stereocenters. The van der Waals surface area contributed by atoms with Gasteiger partial charge in [0.15, 0.2) is 0 Å². The van der Waals surface area contributed by atoms with Gasteiger partial charge in [-0.1, -0.05) is 11.6 Å². The fourth-order valence-corrected chi connectivity index (χ4v) is 1.47. The van der Waals surface area contributed by atoms with Crippen molar-refractivity contribution in [2.75, 3.05) is 0 Å². The average molecular weight is 278 g/mol. The Kier molecular flexibility index (Phi) is 6.00. The summed E-state index contributed by atoms with van der Waals surface area (Å²) >= 11 is 3.31. The van der Waals surface area contributed by atoms with Gasteiger partial charge < -0.3 is 18.1 Å². The first-order valence-electron chi connectivity index (χ1n) is 4.12. The molecule has 1 atom stereocenters. The molecule has 0 fully saturated rings. The number of pyridine rings is 1. The van der Waals surface area contributed by atoms with E-state index in [-0.39, 0.29) is 19.9 Å². The zero-order chi connectivity index (χ0) is 9.84. The zero-order valence-electron chi connectivity index (χ0n) is 9.00. The van der Waals surface area contributed by atoms with Crippen LogP contribution in [0.5, 0.6) is 0 Å². The molecule has 1 aromatic rings. The maximum absolute atomic E-state index is 5.92. The van der Waals surface area contributed by atoms with E-state index in [9.17, 15) is 0 Å². The molecular formula is C10H14BrClN2. The highest BCUT2D eigenvalue weighted by molar-refractivity contribution is 9.10. The summed E-state index contributed by atoms with van der Waals surface area (Å²) in [4.78, 5) is 4.28. The van der Waals surface area contributed by atoms with Crippen LogP contribution in [0.2, 0.25) is 0 Å². The van der Waals surface area contributed by atoms with E-state index in [1.54, 1.807) is 0 Å². The molecule has 78 valence electrons. The highest BCUT2D eigenvalue weighted by Crippen LogP contribution is 2.17. The molecule has 0 aliphatic rings. The molecule has 1 aromatic heterocycles. The molecule has 0 saturated carbocycles. The van der Waals surface area contributed by atoms with E-state index in [1.807, 2.05) is 25.1 Å². The normalized spacial score (nSPS) is 11.6. The van der Waals surface area contributed by atoms with Crippen LogP contribution in [0.15, 0.2) is 35.0 Å². The number of aromatic nitrogens is 1. The second-order valence-corrected chi connectivity index (χ2v) is 3.97. The van der Waals surface area contributed by atoms with Gasteiger partial charge in [0.05, 0.1) is 11.7 Å². The summed E-state index contributed by atoms with van der Waals surface area (Å²) in [5.74, 6) is 0. The Balaban J connectivity index is 0. The predicted octanol–water partition coefficient (Wildman–Crippen LogP) is -0.0734. The van der Waals surface area contributed by atoms with Gasteiger partial charge in [-0.05, 0) is 41.4 Å². The van der Waals surface area contributed by atoms with Gasteiger partial charge >= 0.3 is 1.43 Å². The first-order chi connectivity index (χ1) is 6.09.